The average Bonchev–Trinajstić information content (AvgIpc) is 3.20. The smallest absolute Gasteiger partial charge is 0.264 e. The molecule has 2 amide bonds. The van der Waals surface area contributed by atoms with Gasteiger partial charge in [0, 0.05) is 23.6 Å². The molecule has 0 bridgehead atoms. The zero-order valence-electron chi connectivity index (χ0n) is 16.1. The number of halogens is 1. The van der Waals surface area contributed by atoms with Crippen LogP contribution < -0.4 is 20.1 Å². The summed E-state index contributed by atoms with van der Waals surface area (Å²) >= 11 is 7.04. The van der Waals surface area contributed by atoms with Crippen LogP contribution in [0, 0.1) is 0 Å². The molecule has 1 aromatic heterocycles. The molecular weight excluding hydrogens is 428 g/mol. The fourth-order valence-electron chi connectivity index (χ4n) is 2.39. The van der Waals surface area contributed by atoms with Gasteiger partial charge in [0.2, 0.25) is 5.13 Å². The van der Waals surface area contributed by atoms with Crippen molar-refractivity contribution in [2.45, 2.75) is 6.42 Å². The zero-order valence-corrected chi connectivity index (χ0v) is 17.6. The fourth-order valence-corrected chi connectivity index (χ4v) is 3.27. The van der Waals surface area contributed by atoms with Crippen molar-refractivity contribution >= 4 is 39.9 Å². The highest BCUT2D eigenvalue weighted by molar-refractivity contribution is 7.15. The Balaban J connectivity index is 1.41. The van der Waals surface area contributed by atoms with E-state index >= 15 is 0 Å². The van der Waals surface area contributed by atoms with E-state index in [1.54, 1.807) is 55.6 Å². The SMILES string of the molecule is COc1cccc(C(=O)NCCc2nnc(NC(=O)COc3ccc(Cl)cc3)s2)c1. The number of hydrogen-bond donors (Lipinski definition) is 2. The molecule has 2 N–H and O–H groups in total. The molecule has 0 aliphatic carbocycles. The Hall–Kier alpha value is -3.17. The third-order valence-electron chi connectivity index (χ3n) is 3.85. The molecule has 0 unspecified atom stereocenters. The molecule has 0 atom stereocenters. The quantitative estimate of drug-likeness (QED) is 0.523. The number of hydrogen-bond acceptors (Lipinski definition) is 7. The zero-order chi connectivity index (χ0) is 21.3. The van der Waals surface area contributed by atoms with E-state index in [9.17, 15) is 9.59 Å². The molecule has 0 saturated heterocycles. The lowest BCUT2D eigenvalue weighted by atomic mass is 10.2. The van der Waals surface area contributed by atoms with Crippen LogP contribution in [0.1, 0.15) is 15.4 Å². The minimum absolute atomic E-state index is 0.160. The maximum Gasteiger partial charge on any atom is 0.264 e. The molecule has 0 aliphatic heterocycles. The Kier molecular flexibility index (Phi) is 7.58. The Morgan fingerprint density at radius 1 is 1.10 bits per heavy atom. The number of rotatable bonds is 9. The van der Waals surface area contributed by atoms with Gasteiger partial charge in [-0.1, -0.05) is 29.0 Å². The number of carbonyl (C=O) groups excluding carboxylic acids is 2. The van der Waals surface area contributed by atoms with Crippen molar-refractivity contribution in [3.8, 4) is 11.5 Å². The number of nitrogens with one attached hydrogen (secondary N) is 2. The Labute approximate surface area is 182 Å². The molecule has 0 saturated carbocycles. The number of benzene rings is 2. The van der Waals surface area contributed by atoms with Crippen LogP contribution in [0.15, 0.2) is 48.5 Å². The number of carbonyl (C=O) groups is 2. The molecule has 1 heterocycles. The van der Waals surface area contributed by atoms with Gasteiger partial charge < -0.3 is 14.8 Å². The van der Waals surface area contributed by atoms with Crippen LogP contribution >= 0.6 is 22.9 Å². The highest BCUT2D eigenvalue weighted by atomic mass is 35.5. The van der Waals surface area contributed by atoms with E-state index in [-0.39, 0.29) is 18.4 Å². The first-order valence-corrected chi connectivity index (χ1v) is 10.2. The Bertz CT molecular complexity index is 1010. The number of aromatic nitrogens is 2. The van der Waals surface area contributed by atoms with E-state index < -0.39 is 0 Å². The van der Waals surface area contributed by atoms with Gasteiger partial charge in [-0.05, 0) is 42.5 Å². The van der Waals surface area contributed by atoms with Gasteiger partial charge in [0.1, 0.15) is 16.5 Å². The molecule has 0 aliphatic rings. The molecule has 156 valence electrons. The molecule has 0 spiro atoms. The van der Waals surface area contributed by atoms with Crippen molar-refractivity contribution in [3.05, 3.63) is 64.1 Å². The van der Waals surface area contributed by atoms with Crippen LogP contribution in [-0.2, 0) is 11.2 Å². The molecule has 30 heavy (non-hydrogen) atoms. The maximum absolute atomic E-state index is 12.2. The highest BCUT2D eigenvalue weighted by Crippen LogP contribution is 2.17. The second-order valence-corrected chi connectivity index (χ2v) is 7.53. The van der Waals surface area contributed by atoms with Crippen molar-refractivity contribution in [1.29, 1.82) is 0 Å². The van der Waals surface area contributed by atoms with Crippen LogP contribution in [0.4, 0.5) is 5.13 Å². The van der Waals surface area contributed by atoms with Crippen LogP contribution in [-0.4, -0.2) is 42.3 Å². The molecule has 3 rings (SSSR count). The van der Waals surface area contributed by atoms with Crippen molar-refractivity contribution in [3.63, 3.8) is 0 Å². The Morgan fingerprint density at radius 2 is 1.90 bits per heavy atom. The Morgan fingerprint density at radius 3 is 2.67 bits per heavy atom. The van der Waals surface area contributed by atoms with Crippen LogP contribution in [0.3, 0.4) is 0 Å². The summed E-state index contributed by atoms with van der Waals surface area (Å²) in [6, 6.07) is 13.6. The van der Waals surface area contributed by atoms with Crippen LogP contribution in [0.25, 0.3) is 0 Å². The summed E-state index contributed by atoms with van der Waals surface area (Å²) in [6.45, 7) is 0.228. The summed E-state index contributed by atoms with van der Waals surface area (Å²) in [7, 11) is 1.55. The lowest BCUT2D eigenvalue weighted by Gasteiger charge is -2.05. The predicted octanol–water partition coefficient (Wildman–Crippen LogP) is 3.19. The van der Waals surface area contributed by atoms with Crippen LogP contribution in [0.5, 0.6) is 11.5 Å². The molecular formula is C20H19ClN4O4S. The molecule has 0 radical (unpaired) electrons. The minimum atomic E-state index is -0.348. The fraction of sp³-hybridized carbons (Fsp3) is 0.200. The first-order valence-electron chi connectivity index (χ1n) is 8.96. The standard InChI is InChI=1S/C20H19ClN4O4S/c1-28-16-4-2-3-13(11-16)19(27)22-10-9-18-24-25-20(30-18)23-17(26)12-29-15-7-5-14(21)6-8-15/h2-8,11H,9-10,12H2,1H3,(H,22,27)(H,23,25,26). The van der Waals surface area contributed by atoms with Gasteiger partial charge in [0.05, 0.1) is 7.11 Å². The topological polar surface area (TPSA) is 102 Å². The van der Waals surface area contributed by atoms with E-state index in [1.165, 1.54) is 11.3 Å². The summed E-state index contributed by atoms with van der Waals surface area (Å²) in [4.78, 5) is 24.2. The van der Waals surface area contributed by atoms with Gasteiger partial charge >= 0.3 is 0 Å². The van der Waals surface area contributed by atoms with Crippen molar-refractivity contribution in [1.82, 2.24) is 15.5 Å². The van der Waals surface area contributed by atoms with Gasteiger partial charge in [-0.25, -0.2) is 0 Å². The number of nitrogens with zero attached hydrogens (tertiary/aromatic N) is 2. The molecule has 2 aromatic carbocycles. The first-order chi connectivity index (χ1) is 14.5. The van der Waals surface area contributed by atoms with Gasteiger partial charge in [0.25, 0.3) is 11.8 Å². The third kappa shape index (κ3) is 6.43. The summed E-state index contributed by atoms with van der Waals surface area (Å²) in [5.74, 6) is 0.608. The monoisotopic (exact) mass is 446 g/mol. The molecule has 8 nitrogen and oxygen atoms in total. The summed E-state index contributed by atoms with van der Waals surface area (Å²) < 4.78 is 10.5. The maximum atomic E-state index is 12.2. The normalized spacial score (nSPS) is 10.3. The summed E-state index contributed by atoms with van der Waals surface area (Å²) in [5, 5.41) is 15.1. The lowest BCUT2D eigenvalue weighted by molar-refractivity contribution is -0.118. The van der Waals surface area contributed by atoms with Gasteiger partial charge in [-0.15, -0.1) is 10.2 Å². The van der Waals surface area contributed by atoms with Gasteiger partial charge in [0.15, 0.2) is 6.61 Å². The van der Waals surface area contributed by atoms with E-state index in [1.807, 2.05) is 0 Å². The van der Waals surface area contributed by atoms with Gasteiger partial charge in [-0.2, -0.15) is 0 Å². The number of amides is 2. The number of ether oxygens (including phenoxy) is 2. The van der Waals surface area contributed by atoms with E-state index in [4.69, 9.17) is 21.1 Å². The number of methoxy groups -OCH3 is 1. The van der Waals surface area contributed by atoms with Crippen molar-refractivity contribution in [2.75, 3.05) is 25.6 Å². The van der Waals surface area contributed by atoms with Crippen molar-refractivity contribution < 1.29 is 19.1 Å². The van der Waals surface area contributed by atoms with E-state index in [0.29, 0.717) is 45.2 Å². The average molecular weight is 447 g/mol. The molecule has 3 aromatic rings. The lowest BCUT2D eigenvalue weighted by Crippen LogP contribution is -2.25. The second kappa shape index (κ2) is 10.6. The molecule has 0 fully saturated rings. The van der Waals surface area contributed by atoms with Crippen molar-refractivity contribution in [2.24, 2.45) is 0 Å². The third-order valence-corrected chi connectivity index (χ3v) is 5.00. The first kappa shape index (κ1) is 21.5. The second-order valence-electron chi connectivity index (χ2n) is 6.03. The van der Waals surface area contributed by atoms with Gasteiger partial charge in [-0.3, -0.25) is 14.9 Å². The highest BCUT2D eigenvalue weighted by Gasteiger charge is 2.10. The summed E-state index contributed by atoms with van der Waals surface area (Å²) in [5.41, 5.74) is 0.514. The minimum Gasteiger partial charge on any atom is -0.497 e. The van der Waals surface area contributed by atoms with E-state index in [0.717, 1.165) is 0 Å². The largest absolute Gasteiger partial charge is 0.497 e. The van der Waals surface area contributed by atoms with Crippen LogP contribution in [0.2, 0.25) is 5.02 Å². The predicted molar refractivity (Wildman–Crippen MR) is 115 cm³/mol. The summed E-state index contributed by atoms with van der Waals surface area (Å²) in [6.07, 6.45) is 0.491. The number of anilines is 1. The molecule has 10 heteroatoms. The van der Waals surface area contributed by atoms with E-state index in [2.05, 4.69) is 20.8 Å².